The minimum atomic E-state index is -3.58. The van der Waals surface area contributed by atoms with E-state index in [4.69, 9.17) is 0 Å². The number of carbonyl (C=O) groups excluding carboxylic acids is 1. The van der Waals surface area contributed by atoms with Gasteiger partial charge in [0.15, 0.2) is 0 Å². The van der Waals surface area contributed by atoms with Gasteiger partial charge in [-0.2, -0.15) is 4.31 Å². The Bertz CT molecular complexity index is 1040. The maximum atomic E-state index is 13.0. The van der Waals surface area contributed by atoms with E-state index in [1.165, 1.54) is 16.4 Å². The number of amides is 1. The molecule has 30 heavy (non-hydrogen) atoms. The number of benzene rings is 2. The van der Waals surface area contributed by atoms with Crippen LogP contribution in [0.25, 0.3) is 0 Å². The number of nitro groups is 1. The van der Waals surface area contributed by atoms with Crippen molar-refractivity contribution in [3.63, 3.8) is 0 Å². The van der Waals surface area contributed by atoms with Crippen molar-refractivity contribution in [3.8, 4) is 0 Å². The first-order chi connectivity index (χ1) is 14.2. The summed E-state index contributed by atoms with van der Waals surface area (Å²) in [7, 11) is -3.58. The zero-order chi connectivity index (χ0) is 21.9. The third-order valence-electron chi connectivity index (χ3n) is 5.39. The molecule has 1 aliphatic heterocycles. The average molecular weight is 432 g/mol. The number of rotatable bonds is 6. The van der Waals surface area contributed by atoms with Crippen molar-refractivity contribution in [1.82, 2.24) is 9.62 Å². The molecule has 1 amide bonds. The molecule has 0 bridgehead atoms. The fraction of sp³-hybridized carbons (Fsp3) is 0.381. The molecule has 1 saturated heterocycles. The molecule has 9 heteroatoms. The summed E-state index contributed by atoms with van der Waals surface area (Å²) >= 11 is 0. The van der Waals surface area contributed by atoms with Crippen LogP contribution in [0.3, 0.4) is 0 Å². The molecule has 0 saturated carbocycles. The lowest BCUT2D eigenvalue weighted by Gasteiger charge is -2.31. The standard InChI is InChI=1S/C21H25N3O5S/c1-15-3-8-20(16(2)13-15)30(28,29)23-11-9-18(10-12-23)21(25)22-14-17-4-6-19(7-5-17)24(26)27/h3-8,13,18H,9-12,14H2,1-2H3,(H,22,25). The zero-order valence-corrected chi connectivity index (χ0v) is 17.8. The van der Waals surface area contributed by atoms with Crippen molar-refractivity contribution in [3.05, 3.63) is 69.3 Å². The quantitative estimate of drug-likeness (QED) is 0.559. The van der Waals surface area contributed by atoms with Crippen LogP contribution in [0.5, 0.6) is 0 Å². The first kappa shape index (κ1) is 21.9. The molecule has 1 heterocycles. The number of nitro benzene ring substituents is 1. The maximum Gasteiger partial charge on any atom is 0.269 e. The second-order valence-electron chi connectivity index (χ2n) is 7.59. The highest BCUT2D eigenvalue weighted by molar-refractivity contribution is 7.89. The van der Waals surface area contributed by atoms with Gasteiger partial charge in [0.25, 0.3) is 5.69 Å². The monoisotopic (exact) mass is 431 g/mol. The molecule has 0 spiro atoms. The molecule has 3 rings (SSSR count). The van der Waals surface area contributed by atoms with Crippen LogP contribution < -0.4 is 5.32 Å². The first-order valence-corrected chi connectivity index (χ1v) is 11.2. The van der Waals surface area contributed by atoms with E-state index in [9.17, 15) is 23.3 Å². The summed E-state index contributed by atoms with van der Waals surface area (Å²) in [5.41, 5.74) is 2.50. The third-order valence-corrected chi connectivity index (χ3v) is 7.45. The number of nitrogens with one attached hydrogen (secondary N) is 1. The van der Waals surface area contributed by atoms with Gasteiger partial charge >= 0.3 is 0 Å². The number of hydrogen-bond acceptors (Lipinski definition) is 5. The number of carbonyl (C=O) groups is 1. The Kier molecular flexibility index (Phi) is 6.52. The van der Waals surface area contributed by atoms with Gasteiger partial charge in [-0.05, 0) is 43.9 Å². The Hall–Kier alpha value is -2.78. The SMILES string of the molecule is Cc1ccc(S(=O)(=O)N2CCC(C(=O)NCc3ccc([N+](=O)[O-])cc3)CC2)c(C)c1. The van der Waals surface area contributed by atoms with E-state index in [2.05, 4.69) is 5.32 Å². The minimum absolute atomic E-state index is 0.00229. The van der Waals surface area contributed by atoms with Crippen LogP contribution in [0.1, 0.15) is 29.5 Å². The van der Waals surface area contributed by atoms with Crippen LogP contribution in [-0.4, -0.2) is 36.6 Å². The molecule has 0 aliphatic carbocycles. The second-order valence-corrected chi connectivity index (χ2v) is 9.50. The smallest absolute Gasteiger partial charge is 0.269 e. The van der Waals surface area contributed by atoms with Crippen LogP contribution in [0, 0.1) is 29.9 Å². The summed E-state index contributed by atoms with van der Waals surface area (Å²) < 4.78 is 27.4. The van der Waals surface area contributed by atoms with E-state index in [0.29, 0.717) is 30.8 Å². The van der Waals surface area contributed by atoms with Crippen molar-refractivity contribution < 1.29 is 18.1 Å². The fourth-order valence-electron chi connectivity index (χ4n) is 3.66. The van der Waals surface area contributed by atoms with Gasteiger partial charge < -0.3 is 5.32 Å². The Morgan fingerprint density at radius 2 is 1.77 bits per heavy atom. The minimum Gasteiger partial charge on any atom is -0.352 e. The van der Waals surface area contributed by atoms with Crippen molar-refractivity contribution in [2.75, 3.05) is 13.1 Å². The molecular formula is C21H25N3O5S. The first-order valence-electron chi connectivity index (χ1n) is 9.77. The summed E-state index contributed by atoms with van der Waals surface area (Å²) in [6.45, 7) is 4.58. The Morgan fingerprint density at radius 3 is 2.33 bits per heavy atom. The summed E-state index contributed by atoms with van der Waals surface area (Å²) in [4.78, 5) is 23.0. The lowest BCUT2D eigenvalue weighted by atomic mass is 9.97. The second kappa shape index (κ2) is 8.93. The summed E-state index contributed by atoms with van der Waals surface area (Å²) in [6.07, 6.45) is 0.909. The number of piperidine rings is 1. The third kappa shape index (κ3) is 4.85. The Balaban J connectivity index is 1.55. The van der Waals surface area contributed by atoms with Gasteiger partial charge in [0, 0.05) is 37.7 Å². The highest BCUT2D eigenvalue weighted by atomic mass is 32.2. The van der Waals surface area contributed by atoms with E-state index in [0.717, 1.165) is 16.7 Å². The molecule has 1 fully saturated rings. The van der Waals surface area contributed by atoms with Gasteiger partial charge in [-0.25, -0.2) is 8.42 Å². The lowest BCUT2D eigenvalue weighted by Crippen LogP contribution is -2.43. The van der Waals surface area contributed by atoms with Crippen molar-refractivity contribution >= 4 is 21.6 Å². The van der Waals surface area contributed by atoms with Crippen molar-refractivity contribution in [1.29, 1.82) is 0 Å². The molecule has 1 aliphatic rings. The largest absolute Gasteiger partial charge is 0.352 e. The lowest BCUT2D eigenvalue weighted by molar-refractivity contribution is -0.384. The van der Waals surface area contributed by atoms with E-state index < -0.39 is 14.9 Å². The van der Waals surface area contributed by atoms with Gasteiger partial charge in [0.1, 0.15) is 0 Å². The highest BCUT2D eigenvalue weighted by Gasteiger charge is 2.32. The Labute approximate surface area is 176 Å². The summed E-state index contributed by atoms with van der Waals surface area (Å²) in [5, 5.41) is 13.5. The topological polar surface area (TPSA) is 110 Å². The normalized spacial score (nSPS) is 15.7. The van der Waals surface area contributed by atoms with Gasteiger partial charge in [0.05, 0.1) is 9.82 Å². The highest BCUT2D eigenvalue weighted by Crippen LogP contribution is 2.26. The molecule has 0 atom stereocenters. The Morgan fingerprint density at radius 1 is 1.13 bits per heavy atom. The van der Waals surface area contributed by atoms with Gasteiger partial charge in [-0.3, -0.25) is 14.9 Å². The van der Waals surface area contributed by atoms with Crippen LogP contribution in [0.15, 0.2) is 47.4 Å². The number of aryl methyl sites for hydroxylation is 2. The molecule has 0 unspecified atom stereocenters. The summed E-state index contributed by atoms with van der Waals surface area (Å²) in [5.74, 6) is -0.384. The molecule has 0 radical (unpaired) electrons. The fourth-order valence-corrected chi connectivity index (χ4v) is 5.33. The van der Waals surface area contributed by atoms with Gasteiger partial charge in [-0.15, -0.1) is 0 Å². The number of hydrogen-bond donors (Lipinski definition) is 1. The molecule has 2 aromatic carbocycles. The van der Waals surface area contributed by atoms with Crippen LogP contribution >= 0.6 is 0 Å². The molecule has 8 nitrogen and oxygen atoms in total. The predicted octanol–water partition coefficient (Wildman–Crippen LogP) is 2.93. The molecular weight excluding hydrogens is 406 g/mol. The number of sulfonamides is 1. The number of non-ortho nitro benzene ring substituents is 1. The van der Waals surface area contributed by atoms with Crippen molar-refractivity contribution in [2.45, 2.75) is 38.1 Å². The van der Waals surface area contributed by atoms with Crippen LogP contribution in [-0.2, 0) is 21.4 Å². The van der Waals surface area contributed by atoms with Gasteiger partial charge in [-0.1, -0.05) is 29.8 Å². The van der Waals surface area contributed by atoms with Crippen molar-refractivity contribution in [2.24, 2.45) is 5.92 Å². The van der Waals surface area contributed by atoms with Crippen LogP contribution in [0.4, 0.5) is 5.69 Å². The molecule has 0 aromatic heterocycles. The van der Waals surface area contributed by atoms with E-state index in [1.54, 1.807) is 31.2 Å². The van der Waals surface area contributed by atoms with E-state index in [1.807, 2.05) is 13.0 Å². The number of nitrogens with zero attached hydrogens (tertiary/aromatic N) is 2. The van der Waals surface area contributed by atoms with Crippen LogP contribution in [0.2, 0.25) is 0 Å². The molecule has 160 valence electrons. The molecule has 2 aromatic rings. The zero-order valence-electron chi connectivity index (χ0n) is 17.0. The predicted molar refractivity (Wildman–Crippen MR) is 112 cm³/mol. The maximum absolute atomic E-state index is 13.0. The average Bonchev–Trinajstić information content (AvgIpc) is 2.72. The van der Waals surface area contributed by atoms with E-state index in [-0.39, 0.29) is 24.1 Å². The summed E-state index contributed by atoms with van der Waals surface area (Å²) in [6, 6.07) is 11.3. The van der Waals surface area contributed by atoms with E-state index >= 15 is 0 Å². The molecule has 1 N–H and O–H groups in total. The van der Waals surface area contributed by atoms with Gasteiger partial charge in [0.2, 0.25) is 15.9 Å².